The Morgan fingerprint density at radius 1 is 0.594 bits per heavy atom. The number of hydrogen-bond donors (Lipinski definition) is 15. The van der Waals surface area contributed by atoms with Crippen molar-refractivity contribution in [3.8, 4) is 80.1 Å². The highest BCUT2D eigenvalue weighted by atomic mass is 16.7. The quantitative estimate of drug-likeness (QED) is 0.0493. The Morgan fingerprint density at radius 2 is 1.09 bits per heavy atom. The highest BCUT2D eigenvalue weighted by molar-refractivity contribution is 6.09. The molecule has 4 aromatic rings. The van der Waals surface area contributed by atoms with E-state index in [0.717, 1.165) is 0 Å². The standard InChI is InChI=1S/C41H30O28/c42-13-1-8(2-14(43)24(13)49)36(59)69-41-31(56)34-32(66-40(63)12(6-19(47)48)23-22-11(5-17(46)27(52)30(22)55)38(61)67-33(23)35(57)58)18(65-41)7-64-37(60)9-3-15(44)25(50)28(53)20(9)21-10(39(62)68-34)4-16(45)26(51)29(21)54/h1-6,18,23,31-34,41-46,49-56H,7H2,(H,47,48)(H,57,58)/b12-6-/t18-,23?,31-,32-,33+,34+,41+/m1/s1. The number of rotatable bonds is 7. The van der Waals surface area contributed by atoms with Gasteiger partial charge in [-0.1, -0.05) is 0 Å². The van der Waals surface area contributed by atoms with Gasteiger partial charge in [0.1, 0.15) is 12.7 Å². The fourth-order valence-corrected chi connectivity index (χ4v) is 7.49. The molecule has 28 heteroatoms. The summed E-state index contributed by atoms with van der Waals surface area (Å²) >= 11 is 0. The number of carboxylic acids is 2. The second-order valence-electron chi connectivity index (χ2n) is 14.8. The number of aliphatic carboxylic acids is 2. The van der Waals surface area contributed by atoms with Gasteiger partial charge in [0.05, 0.1) is 33.7 Å². The zero-order valence-corrected chi connectivity index (χ0v) is 33.7. The van der Waals surface area contributed by atoms with Crippen LogP contribution in [-0.2, 0) is 42.8 Å². The molecule has 15 N–H and O–H groups in total. The highest BCUT2D eigenvalue weighted by Gasteiger charge is 2.54. The van der Waals surface area contributed by atoms with E-state index in [2.05, 4.69) is 0 Å². The van der Waals surface area contributed by atoms with Crippen LogP contribution in [0.15, 0.2) is 42.0 Å². The van der Waals surface area contributed by atoms with E-state index in [-0.39, 0.29) is 6.08 Å². The van der Waals surface area contributed by atoms with Crippen molar-refractivity contribution in [3.63, 3.8) is 0 Å². The summed E-state index contributed by atoms with van der Waals surface area (Å²) in [6, 6.07) is 2.27. The number of benzene rings is 4. The molecule has 28 nitrogen and oxygen atoms in total. The maximum Gasteiger partial charge on any atom is 0.346 e. The second kappa shape index (κ2) is 17.3. The normalized spacial score (nSPS) is 22.1. The van der Waals surface area contributed by atoms with E-state index in [1.165, 1.54) is 0 Å². The van der Waals surface area contributed by atoms with Crippen molar-refractivity contribution < 1.29 is 139 Å². The minimum absolute atomic E-state index is 0.0453. The molecular formula is C41H30O28. The fourth-order valence-electron chi connectivity index (χ4n) is 7.49. The fraction of sp³-hybridized carbons (Fsp3) is 0.195. The molecule has 1 fully saturated rings. The number of aliphatic hydroxyl groups excluding tert-OH is 1. The highest BCUT2D eigenvalue weighted by Crippen LogP contribution is 2.54. The van der Waals surface area contributed by atoms with Crippen LogP contribution in [-0.4, -0.2) is 162 Å². The van der Waals surface area contributed by atoms with Crippen LogP contribution in [0.1, 0.15) is 52.9 Å². The zero-order valence-electron chi connectivity index (χ0n) is 33.7. The number of carbonyl (C=O) groups is 7. The van der Waals surface area contributed by atoms with Crippen LogP contribution in [0.3, 0.4) is 0 Å². The first kappa shape index (κ1) is 47.4. The van der Waals surface area contributed by atoms with Crippen molar-refractivity contribution in [3.05, 3.63) is 69.8 Å². The van der Waals surface area contributed by atoms with E-state index in [4.69, 9.17) is 28.4 Å². The largest absolute Gasteiger partial charge is 0.504 e. The molecule has 0 aromatic heterocycles. The van der Waals surface area contributed by atoms with Gasteiger partial charge in [0.15, 0.2) is 70.1 Å². The topological polar surface area (TPSA) is 478 Å². The molecule has 0 radical (unpaired) electrons. The molecule has 0 spiro atoms. The van der Waals surface area contributed by atoms with Gasteiger partial charge in [-0.05, 0) is 30.3 Å². The number of phenols is 12. The summed E-state index contributed by atoms with van der Waals surface area (Å²) < 4.78 is 32.0. The molecule has 362 valence electrons. The Balaban J connectivity index is 1.41. The molecule has 69 heavy (non-hydrogen) atoms. The summed E-state index contributed by atoms with van der Waals surface area (Å²) in [7, 11) is 0. The van der Waals surface area contributed by atoms with Crippen molar-refractivity contribution in [2.75, 3.05) is 6.61 Å². The van der Waals surface area contributed by atoms with Gasteiger partial charge in [-0.3, -0.25) is 0 Å². The van der Waals surface area contributed by atoms with E-state index in [9.17, 15) is 110 Å². The number of fused-ring (bicyclic) bond motifs is 6. The lowest BCUT2D eigenvalue weighted by molar-refractivity contribution is -0.287. The summed E-state index contributed by atoms with van der Waals surface area (Å²) in [5, 5.41) is 157. The van der Waals surface area contributed by atoms with Crippen LogP contribution in [0.4, 0.5) is 0 Å². The average Bonchev–Trinajstić information content (AvgIpc) is 3.28. The molecule has 1 unspecified atom stereocenters. The summed E-state index contributed by atoms with van der Waals surface area (Å²) in [5.74, 6) is -31.5. The number of aliphatic hydroxyl groups is 1. The maximum atomic E-state index is 14.5. The van der Waals surface area contributed by atoms with Crippen molar-refractivity contribution in [1.29, 1.82) is 0 Å². The molecule has 3 heterocycles. The lowest BCUT2D eigenvalue weighted by atomic mass is 9.80. The van der Waals surface area contributed by atoms with Gasteiger partial charge in [-0.15, -0.1) is 0 Å². The molecule has 0 saturated carbocycles. The van der Waals surface area contributed by atoms with Crippen LogP contribution in [0.25, 0.3) is 11.1 Å². The lowest BCUT2D eigenvalue weighted by Gasteiger charge is -2.43. The van der Waals surface area contributed by atoms with E-state index >= 15 is 0 Å². The molecule has 3 aliphatic heterocycles. The number of hydrogen-bond acceptors (Lipinski definition) is 26. The average molecular weight is 971 g/mol. The first-order valence-electron chi connectivity index (χ1n) is 18.9. The Morgan fingerprint density at radius 3 is 1.62 bits per heavy atom. The molecule has 7 atom stereocenters. The van der Waals surface area contributed by atoms with Gasteiger partial charge in [-0.25, -0.2) is 33.6 Å². The monoisotopic (exact) mass is 970 g/mol. The van der Waals surface area contributed by atoms with Gasteiger partial charge in [-0.2, -0.15) is 0 Å². The molecule has 1 saturated heterocycles. The number of cyclic esters (lactones) is 2. The summed E-state index contributed by atoms with van der Waals surface area (Å²) in [6.45, 7) is -1.39. The third-order valence-corrected chi connectivity index (χ3v) is 10.7. The summed E-state index contributed by atoms with van der Waals surface area (Å²) in [4.78, 5) is 93.8. The molecule has 2 bridgehead atoms. The third kappa shape index (κ3) is 8.11. The van der Waals surface area contributed by atoms with E-state index in [1.807, 2.05) is 0 Å². The number of aromatic hydroxyl groups is 12. The number of esters is 5. The predicted molar refractivity (Wildman–Crippen MR) is 209 cm³/mol. The van der Waals surface area contributed by atoms with Crippen LogP contribution in [0.5, 0.6) is 69.0 Å². The van der Waals surface area contributed by atoms with Gasteiger partial charge >= 0.3 is 41.8 Å². The molecular weight excluding hydrogens is 940 g/mol. The molecule has 0 amide bonds. The molecule has 4 aromatic carbocycles. The minimum Gasteiger partial charge on any atom is -0.504 e. The Labute approximate surface area is 379 Å². The van der Waals surface area contributed by atoms with Gasteiger partial charge < -0.3 is 105 Å². The van der Waals surface area contributed by atoms with Gasteiger partial charge in [0, 0.05) is 22.8 Å². The number of phenolic OH excluding ortho intramolecular Hbond substituents is 12. The SMILES string of the molecule is O=C(O)/C=C(\C(=O)O[C@H]1[C@H]2OC(=O)c3cc(O)c(O)c(O)c3-c3c(cc(O)c(O)c3O)C(=O)OC[C@H]1O[C@@H](OC(=O)c1cc(O)c(O)c(O)c1)[C@@H]2O)C1c2c(cc(O)c(O)c2O)C(=O)O[C@@H]1C(=O)O. The second-order valence-corrected chi connectivity index (χ2v) is 14.8. The number of carbonyl (C=O) groups excluding carboxylic acids is 5. The van der Waals surface area contributed by atoms with Crippen molar-refractivity contribution in [2.24, 2.45) is 0 Å². The van der Waals surface area contributed by atoms with Crippen LogP contribution in [0, 0.1) is 0 Å². The number of ether oxygens (including phenoxy) is 6. The Kier molecular flexibility index (Phi) is 11.9. The molecule has 7 rings (SSSR count). The Bertz CT molecular complexity index is 2950. The van der Waals surface area contributed by atoms with Crippen molar-refractivity contribution in [1.82, 2.24) is 0 Å². The minimum atomic E-state index is -2.71. The van der Waals surface area contributed by atoms with E-state index in [0.29, 0.717) is 30.3 Å². The van der Waals surface area contributed by atoms with Crippen LogP contribution in [0.2, 0.25) is 0 Å². The van der Waals surface area contributed by atoms with Gasteiger partial charge in [0.2, 0.25) is 29.6 Å². The maximum absolute atomic E-state index is 14.5. The molecule has 0 aliphatic carbocycles. The summed E-state index contributed by atoms with van der Waals surface area (Å²) in [5.41, 5.74) is -8.70. The predicted octanol–water partition coefficient (Wildman–Crippen LogP) is -0.210. The molecule has 3 aliphatic rings. The smallest absolute Gasteiger partial charge is 0.346 e. The van der Waals surface area contributed by atoms with Crippen molar-refractivity contribution in [2.45, 2.75) is 42.7 Å². The first-order valence-corrected chi connectivity index (χ1v) is 18.9. The zero-order chi connectivity index (χ0) is 50.8. The summed E-state index contributed by atoms with van der Waals surface area (Å²) in [6.07, 6.45) is -15.5. The van der Waals surface area contributed by atoms with Crippen molar-refractivity contribution >= 4 is 41.8 Å². The first-order chi connectivity index (χ1) is 32.3. The number of carboxylic acid groups (broad SMARTS) is 2. The van der Waals surface area contributed by atoms with E-state index in [1.54, 1.807) is 0 Å². The third-order valence-electron chi connectivity index (χ3n) is 10.7. The lowest BCUT2D eigenvalue weighted by Crippen LogP contribution is -2.62. The van der Waals surface area contributed by atoms with Crippen LogP contribution < -0.4 is 0 Å². The van der Waals surface area contributed by atoms with Gasteiger partial charge in [0.25, 0.3) is 0 Å². The van der Waals surface area contributed by atoms with Crippen LogP contribution >= 0.6 is 0 Å². The Hall–Kier alpha value is -9.57. The van der Waals surface area contributed by atoms with E-state index < -0.39 is 205 Å².